The van der Waals surface area contributed by atoms with Crippen molar-refractivity contribution in [3.05, 3.63) is 30.1 Å². The Labute approximate surface area is 117 Å². The number of hydrogen-bond donors (Lipinski definition) is 1. The van der Waals surface area contributed by atoms with Gasteiger partial charge in [0.25, 0.3) is 10.2 Å². The zero-order chi connectivity index (χ0) is 14.9. The van der Waals surface area contributed by atoms with E-state index in [4.69, 9.17) is 0 Å². The fourth-order valence-electron chi connectivity index (χ4n) is 2.00. The van der Waals surface area contributed by atoms with Crippen molar-refractivity contribution < 1.29 is 17.6 Å². The fraction of sp³-hybridized carbons (Fsp3) is 0.417. The van der Waals surface area contributed by atoms with Gasteiger partial charge < -0.3 is 4.90 Å². The first-order valence-corrected chi connectivity index (χ1v) is 7.49. The minimum absolute atomic E-state index is 0.0591. The van der Waals surface area contributed by atoms with Crippen LogP contribution >= 0.6 is 0 Å². The third-order valence-electron chi connectivity index (χ3n) is 3.04. The SMILES string of the molecule is CN(C)S(=O)(=O)N[C@@H]1CC(=O)N(c2cccc(F)c2)C1. The largest absolute Gasteiger partial charge is 0.311 e. The molecular weight excluding hydrogens is 285 g/mol. The van der Waals surface area contributed by atoms with Gasteiger partial charge in [-0.1, -0.05) is 6.07 Å². The van der Waals surface area contributed by atoms with Gasteiger partial charge in [-0.2, -0.15) is 17.4 Å². The lowest BCUT2D eigenvalue weighted by molar-refractivity contribution is -0.117. The highest BCUT2D eigenvalue weighted by molar-refractivity contribution is 7.87. The van der Waals surface area contributed by atoms with Gasteiger partial charge in [0.15, 0.2) is 0 Å². The molecule has 1 heterocycles. The second-order valence-corrected chi connectivity index (χ2v) is 6.71. The van der Waals surface area contributed by atoms with E-state index in [1.54, 1.807) is 6.07 Å². The number of hydrogen-bond acceptors (Lipinski definition) is 3. The van der Waals surface area contributed by atoms with Crippen molar-refractivity contribution in [3.63, 3.8) is 0 Å². The molecule has 110 valence electrons. The molecule has 1 atom stereocenters. The quantitative estimate of drug-likeness (QED) is 0.871. The first-order chi connectivity index (χ1) is 9.29. The van der Waals surface area contributed by atoms with Gasteiger partial charge >= 0.3 is 0 Å². The van der Waals surface area contributed by atoms with Gasteiger partial charge in [-0.25, -0.2) is 4.39 Å². The molecule has 2 rings (SSSR count). The van der Waals surface area contributed by atoms with Crippen molar-refractivity contribution in [1.82, 2.24) is 9.03 Å². The van der Waals surface area contributed by atoms with Crippen molar-refractivity contribution in [2.75, 3.05) is 25.5 Å². The monoisotopic (exact) mass is 301 g/mol. The third-order valence-corrected chi connectivity index (χ3v) is 4.63. The number of carbonyl (C=O) groups excluding carboxylic acids is 1. The van der Waals surface area contributed by atoms with Gasteiger partial charge in [0, 0.05) is 38.8 Å². The van der Waals surface area contributed by atoms with E-state index in [1.807, 2.05) is 0 Å². The highest BCUT2D eigenvalue weighted by Crippen LogP contribution is 2.22. The minimum Gasteiger partial charge on any atom is -0.311 e. The van der Waals surface area contributed by atoms with E-state index in [9.17, 15) is 17.6 Å². The number of amides is 1. The highest BCUT2D eigenvalue weighted by Gasteiger charge is 2.33. The molecule has 1 aliphatic rings. The summed E-state index contributed by atoms with van der Waals surface area (Å²) in [5.41, 5.74) is 0.432. The molecule has 0 radical (unpaired) electrons. The second-order valence-electron chi connectivity index (χ2n) is 4.79. The van der Waals surface area contributed by atoms with E-state index < -0.39 is 22.1 Å². The topological polar surface area (TPSA) is 69.7 Å². The summed E-state index contributed by atoms with van der Waals surface area (Å²) < 4.78 is 40.1. The number of nitrogens with one attached hydrogen (secondary N) is 1. The van der Waals surface area contributed by atoms with Crippen molar-refractivity contribution >= 4 is 21.8 Å². The Hall–Kier alpha value is -1.51. The van der Waals surface area contributed by atoms with Crippen LogP contribution in [-0.2, 0) is 15.0 Å². The summed E-state index contributed by atoms with van der Waals surface area (Å²) in [5.74, 6) is -0.672. The van der Waals surface area contributed by atoms with Crippen molar-refractivity contribution in [1.29, 1.82) is 0 Å². The average Bonchev–Trinajstić information content (AvgIpc) is 2.69. The summed E-state index contributed by atoms with van der Waals surface area (Å²) in [6.45, 7) is 0.190. The number of rotatable bonds is 4. The van der Waals surface area contributed by atoms with Crippen LogP contribution < -0.4 is 9.62 Å². The Kier molecular flexibility index (Phi) is 4.07. The number of nitrogens with zero attached hydrogens (tertiary/aromatic N) is 2. The Balaban J connectivity index is 2.12. The zero-order valence-electron chi connectivity index (χ0n) is 11.2. The number of halogens is 1. The molecule has 0 aliphatic carbocycles. The summed E-state index contributed by atoms with van der Waals surface area (Å²) in [7, 11) is -0.776. The van der Waals surface area contributed by atoms with Crippen LogP contribution in [0.4, 0.5) is 10.1 Å². The van der Waals surface area contributed by atoms with Crippen LogP contribution in [0.1, 0.15) is 6.42 Å². The van der Waals surface area contributed by atoms with Gasteiger partial charge in [0.1, 0.15) is 5.82 Å². The lowest BCUT2D eigenvalue weighted by atomic mass is 10.3. The summed E-state index contributed by atoms with van der Waals surface area (Å²) in [6.07, 6.45) is 0.0591. The van der Waals surface area contributed by atoms with E-state index in [1.165, 1.54) is 37.2 Å². The maximum absolute atomic E-state index is 13.2. The molecule has 1 aromatic rings. The van der Waals surface area contributed by atoms with Crippen LogP contribution in [0.15, 0.2) is 24.3 Å². The fourth-order valence-corrected chi connectivity index (χ4v) is 2.79. The molecule has 20 heavy (non-hydrogen) atoms. The van der Waals surface area contributed by atoms with Gasteiger partial charge in [-0.3, -0.25) is 4.79 Å². The van der Waals surface area contributed by atoms with Crippen LogP contribution in [-0.4, -0.2) is 45.3 Å². The second kappa shape index (κ2) is 5.47. The number of carbonyl (C=O) groups is 1. The molecule has 8 heteroatoms. The van der Waals surface area contributed by atoms with E-state index in [0.29, 0.717) is 5.69 Å². The normalized spacial score (nSPS) is 19.9. The number of anilines is 1. The highest BCUT2D eigenvalue weighted by atomic mass is 32.2. The zero-order valence-corrected chi connectivity index (χ0v) is 12.0. The number of benzene rings is 1. The minimum atomic E-state index is -3.59. The molecular formula is C12H16FN3O3S. The molecule has 1 N–H and O–H groups in total. The van der Waals surface area contributed by atoms with Crippen LogP contribution in [0.25, 0.3) is 0 Å². The van der Waals surface area contributed by atoms with Gasteiger partial charge in [0.2, 0.25) is 5.91 Å². The van der Waals surface area contributed by atoms with E-state index >= 15 is 0 Å². The maximum atomic E-state index is 13.2. The van der Waals surface area contributed by atoms with Crippen molar-refractivity contribution in [2.24, 2.45) is 0 Å². The van der Waals surface area contributed by atoms with Gasteiger partial charge in [-0.15, -0.1) is 0 Å². The van der Waals surface area contributed by atoms with Crippen LogP contribution in [0, 0.1) is 5.82 Å². The molecule has 1 fully saturated rings. The third kappa shape index (κ3) is 3.14. The van der Waals surface area contributed by atoms with Crippen molar-refractivity contribution in [2.45, 2.75) is 12.5 Å². The Morgan fingerprint density at radius 3 is 2.70 bits per heavy atom. The molecule has 6 nitrogen and oxygen atoms in total. The van der Waals surface area contributed by atoms with Crippen LogP contribution in [0.5, 0.6) is 0 Å². The first-order valence-electron chi connectivity index (χ1n) is 6.05. The van der Waals surface area contributed by atoms with E-state index in [0.717, 1.165) is 4.31 Å². The van der Waals surface area contributed by atoms with Crippen molar-refractivity contribution in [3.8, 4) is 0 Å². The first kappa shape index (κ1) is 14.9. The molecule has 0 aromatic heterocycles. The van der Waals surface area contributed by atoms with E-state index in [2.05, 4.69) is 4.72 Å². The smallest absolute Gasteiger partial charge is 0.279 e. The van der Waals surface area contributed by atoms with Gasteiger partial charge in [0.05, 0.1) is 0 Å². The molecule has 0 spiro atoms. The Morgan fingerprint density at radius 1 is 1.40 bits per heavy atom. The Morgan fingerprint density at radius 2 is 2.10 bits per heavy atom. The molecule has 0 saturated carbocycles. The maximum Gasteiger partial charge on any atom is 0.279 e. The van der Waals surface area contributed by atoms with E-state index in [-0.39, 0.29) is 18.9 Å². The average molecular weight is 301 g/mol. The standard InChI is InChI=1S/C12H16FN3O3S/c1-15(2)20(18,19)14-10-7-12(17)16(8-10)11-5-3-4-9(13)6-11/h3-6,10,14H,7-8H2,1-2H3/t10-/m1/s1. The molecule has 1 saturated heterocycles. The summed E-state index contributed by atoms with van der Waals surface area (Å²) in [6, 6.07) is 5.15. The lowest BCUT2D eigenvalue weighted by Crippen LogP contribution is -2.43. The molecule has 1 aromatic carbocycles. The summed E-state index contributed by atoms with van der Waals surface area (Å²) in [4.78, 5) is 13.3. The predicted octanol–water partition coefficient (Wildman–Crippen LogP) is 0.327. The van der Waals surface area contributed by atoms with Gasteiger partial charge in [-0.05, 0) is 18.2 Å². The molecule has 1 aliphatic heterocycles. The van der Waals surface area contributed by atoms with Crippen LogP contribution in [0.2, 0.25) is 0 Å². The van der Waals surface area contributed by atoms with Crippen LogP contribution in [0.3, 0.4) is 0 Å². The summed E-state index contributed by atoms with van der Waals surface area (Å²) >= 11 is 0. The predicted molar refractivity (Wildman–Crippen MR) is 72.9 cm³/mol. The molecule has 1 amide bonds. The molecule has 0 unspecified atom stereocenters. The summed E-state index contributed by atoms with van der Waals surface area (Å²) in [5, 5.41) is 0. The molecule has 0 bridgehead atoms. The Bertz CT molecular complexity index is 618. The lowest BCUT2D eigenvalue weighted by Gasteiger charge is -2.18.